The first kappa shape index (κ1) is 15.0. The van der Waals surface area contributed by atoms with E-state index in [1.807, 2.05) is 37.3 Å². The third-order valence-electron chi connectivity index (χ3n) is 4.02. The van der Waals surface area contributed by atoms with Crippen LogP contribution in [-0.2, 0) is 10.3 Å². The van der Waals surface area contributed by atoms with Gasteiger partial charge in [0, 0.05) is 0 Å². The number of hydrogen-bond acceptors (Lipinski definition) is 3. The smallest absolute Gasteiger partial charge is 0.155 e. The van der Waals surface area contributed by atoms with Gasteiger partial charge in [0.2, 0.25) is 0 Å². The SMILES string of the molecule is CCNC(C#N)(COC1CCCCC1)c1ccccc1. The van der Waals surface area contributed by atoms with Crippen molar-refractivity contribution in [2.45, 2.75) is 50.7 Å². The van der Waals surface area contributed by atoms with E-state index < -0.39 is 5.54 Å². The van der Waals surface area contributed by atoms with Crippen molar-refractivity contribution in [3.8, 4) is 6.07 Å². The summed E-state index contributed by atoms with van der Waals surface area (Å²) in [7, 11) is 0. The van der Waals surface area contributed by atoms with E-state index in [1.165, 1.54) is 19.3 Å². The minimum atomic E-state index is -0.729. The van der Waals surface area contributed by atoms with Crippen molar-refractivity contribution >= 4 is 0 Å². The summed E-state index contributed by atoms with van der Waals surface area (Å²) < 4.78 is 6.06. The average molecular weight is 272 g/mol. The van der Waals surface area contributed by atoms with Crippen molar-refractivity contribution in [2.24, 2.45) is 0 Å². The normalized spacial score (nSPS) is 19.2. The van der Waals surface area contributed by atoms with Crippen molar-refractivity contribution in [3.63, 3.8) is 0 Å². The maximum absolute atomic E-state index is 9.70. The molecule has 0 radical (unpaired) electrons. The first-order valence-electron chi connectivity index (χ1n) is 7.64. The highest BCUT2D eigenvalue weighted by molar-refractivity contribution is 5.31. The quantitative estimate of drug-likeness (QED) is 0.863. The number of benzene rings is 1. The number of nitrogens with one attached hydrogen (secondary N) is 1. The maximum atomic E-state index is 9.70. The Bertz CT molecular complexity index is 434. The number of likely N-dealkylation sites (N-methyl/N-ethyl adjacent to an activating group) is 1. The van der Waals surface area contributed by atoms with Crippen LogP contribution in [0.4, 0.5) is 0 Å². The number of rotatable bonds is 6. The lowest BCUT2D eigenvalue weighted by Gasteiger charge is -2.31. The van der Waals surface area contributed by atoms with Crippen LogP contribution in [-0.4, -0.2) is 19.3 Å². The second-order valence-electron chi connectivity index (χ2n) is 5.48. The van der Waals surface area contributed by atoms with Gasteiger partial charge in [-0.05, 0) is 24.9 Å². The summed E-state index contributed by atoms with van der Waals surface area (Å²) in [5.74, 6) is 0. The van der Waals surface area contributed by atoms with Gasteiger partial charge in [-0.15, -0.1) is 0 Å². The second-order valence-corrected chi connectivity index (χ2v) is 5.48. The fraction of sp³-hybridized carbons (Fsp3) is 0.588. The van der Waals surface area contributed by atoms with E-state index in [4.69, 9.17) is 4.74 Å². The number of ether oxygens (including phenoxy) is 1. The van der Waals surface area contributed by atoms with Gasteiger partial charge in [0.1, 0.15) is 0 Å². The minimum Gasteiger partial charge on any atom is -0.375 e. The Labute approximate surface area is 121 Å². The molecule has 1 fully saturated rings. The largest absolute Gasteiger partial charge is 0.375 e. The van der Waals surface area contributed by atoms with Crippen LogP contribution < -0.4 is 5.32 Å². The van der Waals surface area contributed by atoms with E-state index in [2.05, 4.69) is 11.4 Å². The zero-order valence-electron chi connectivity index (χ0n) is 12.3. The summed E-state index contributed by atoms with van der Waals surface area (Å²) in [6.45, 7) is 3.19. The van der Waals surface area contributed by atoms with Crippen LogP contribution in [0, 0.1) is 11.3 Å². The highest BCUT2D eigenvalue weighted by Crippen LogP contribution is 2.25. The van der Waals surface area contributed by atoms with Gasteiger partial charge in [0.15, 0.2) is 5.54 Å². The molecule has 0 heterocycles. The van der Waals surface area contributed by atoms with Gasteiger partial charge in [-0.25, -0.2) is 0 Å². The van der Waals surface area contributed by atoms with E-state index in [-0.39, 0.29) is 0 Å². The number of nitrogens with zero attached hydrogens (tertiary/aromatic N) is 1. The lowest BCUT2D eigenvalue weighted by molar-refractivity contribution is 0.00237. The molecule has 1 N–H and O–H groups in total. The molecule has 3 heteroatoms. The van der Waals surface area contributed by atoms with E-state index in [0.29, 0.717) is 12.7 Å². The summed E-state index contributed by atoms with van der Waals surface area (Å²) in [6, 6.07) is 12.3. The van der Waals surface area contributed by atoms with E-state index in [9.17, 15) is 5.26 Å². The molecule has 1 aromatic carbocycles. The van der Waals surface area contributed by atoms with Crippen LogP contribution in [0.1, 0.15) is 44.6 Å². The molecular weight excluding hydrogens is 248 g/mol. The van der Waals surface area contributed by atoms with Crippen molar-refractivity contribution in [1.29, 1.82) is 5.26 Å². The number of nitriles is 1. The molecule has 1 aliphatic carbocycles. The van der Waals surface area contributed by atoms with Crippen LogP contribution in [0.5, 0.6) is 0 Å². The lowest BCUT2D eigenvalue weighted by atomic mass is 9.91. The molecule has 2 rings (SSSR count). The standard InChI is InChI=1S/C17H24N2O/c1-2-19-17(13-18,15-9-5-3-6-10-15)14-20-16-11-7-4-8-12-16/h3,5-6,9-10,16,19H,2,4,7-8,11-12,14H2,1H3. The lowest BCUT2D eigenvalue weighted by Crippen LogP contribution is -2.46. The molecule has 1 aliphatic rings. The summed E-state index contributed by atoms with van der Waals surface area (Å²) in [5.41, 5.74) is 0.258. The average Bonchev–Trinajstić information content (AvgIpc) is 2.53. The van der Waals surface area contributed by atoms with E-state index in [1.54, 1.807) is 0 Å². The predicted molar refractivity (Wildman–Crippen MR) is 80.2 cm³/mol. The molecular formula is C17H24N2O. The van der Waals surface area contributed by atoms with Crippen LogP contribution in [0.2, 0.25) is 0 Å². The van der Waals surface area contributed by atoms with Crippen LogP contribution in [0.3, 0.4) is 0 Å². The van der Waals surface area contributed by atoms with Gasteiger partial charge >= 0.3 is 0 Å². The van der Waals surface area contributed by atoms with Gasteiger partial charge in [-0.1, -0.05) is 56.5 Å². The van der Waals surface area contributed by atoms with Gasteiger partial charge in [-0.3, -0.25) is 5.32 Å². The molecule has 1 saturated carbocycles. The van der Waals surface area contributed by atoms with E-state index >= 15 is 0 Å². The fourth-order valence-electron chi connectivity index (χ4n) is 2.87. The third-order valence-corrected chi connectivity index (χ3v) is 4.02. The molecule has 0 aliphatic heterocycles. The molecule has 3 nitrogen and oxygen atoms in total. The molecule has 1 unspecified atom stereocenters. The molecule has 1 atom stereocenters. The fourth-order valence-corrected chi connectivity index (χ4v) is 2.87. The number of hydrogen-bond donors (Lipinski definition) is 1. The molecule has 0 saturated heterocycles. The molecule has 108 valence electrons. The summed E-state index contributed by atoms with van der Waals surface area (Å²) in [5, 5.41) is 13.0. The Morgan fingerprint density at radius 3 is 2.55 bits per heavy atom. The van der Waals surface area contributed by atoms with Crippen LogP contribution in [0.15, 0.2) is 30.3 Å². The van der Waals surface area contributed by atoms with Gasteiger partial charge in [0.25, 0.3) is 0 Å². The molecule has 0 amide bonds. The Morgan fingerprint density at radius 2 is 1.95 bits per heavy atom. The summed E-state index contributed by atoms with van der Waals surface area (Å²) in [6.07, 6.45) is 6.38. The molecule has 0 aromatic heterocycles. The van der Waals surface area contributed by atoms with E-state index in [0.717, 1.165) is 24.9 Å². The summed E-state index contributed by atoms with van der Waals surface area (Å²) in [4.78, 5) is 0. The monoisotopic (exact) mass is 272 g/mol. The highest BCUT2D eigenvalue weighted by Gasteiger charge is 2.33. The van der Waals surface area contributed by atoms with Crippen molar-refractivity contribution < 1.29 is 4.74 Å². The first-order chi connectivity index (χ1) is 9.80. The summed E-state index contributed by atoms with van der Waals surface area (Å²) >= 11 is 0. The minimum absolute atomic E-state index is 0.318. The molecule has 20 heavy (non-hydrogen) atoms. The second kappa shape index (κ2) is 7.42. The topological polar surface area (TPSA) is 45.0 Å². The Hall–Kier alpha value is -1.37. The first-order valence-corrected chi connectivity index (χ1v) is 7.64. The Kier molecular flexibility index (Phi) is 5.58. The Balaban J connectivity index is 2.08. The van der Waals surface area contributed by atoms with Gasteiger partial charge < -0.3 is 4.74 Å². The van der Waals surface area contributed by atoms with Crippen molar-refractivity contribution in [1.82, 2.24) is 5.32 Å². The third kappa shape index (κ3) is 3.59. The molecule has 0 bridgehead atoms. The van der Waals surface area contributed by atoms with Crippen molar-refractivity contribution in [3.05, 3.63) is 35.9 Å². The van der Waals surface area contributed by atoms with Crippen LogP contribution >= 0.6 is 0 Å². The highest BCUT2D eigenvalue weighted by atomic mass is 16.5. The molecule has 1 aromatic rings. The van der Waals surface area contributed by atoms with Gasteiger partial charge in [-0.2, -0.15) is 5.26 Å². The maximum Gasteiger partial charge on any atom is 0.155 e. The predicted octanol–water partition coefficient (Wildman–Crippen LogP) is 3.36. The van der Waals surface area contributed by atoms with Crippen LogP contribution in [0.25, 0.3) is 0 Å². The van der Waals surface area contributed by atoms with Crippen molar-refractivity contribution in [2.75, 3.05) is 13.2 Å². The Morgan fingerprint density at radius 1 is 1.25 bits per heavy atom. The molecule has 0 spiro atoms. The van der Waals surface area contributed by atoms with Gasteiger partial charge in [0.05, 0.1) is 18.8 Å². The zero-order valence-corrected chi connectivity index (χ0v) is 12.3. The zero-order chi connectivity index (χ0) is 14.3.